The second kappa shape index (κ2) is 5.67. The predicted octanol–water partition coefficient (Wildman–Crippen LogP) is 4.65. The zero-order valence-electron chi connectivity index (χ0n) is 9.63. The summed E-state index contributed by atoms with van der Waals surface area (Å²) < 4.78 is 12.9. The summed E-state index contributed by atoms with van der Waals surface area (Å²) in [6, 6.07) is 0. The molecule has 0 aliphatic heterocycles. The molecule has 0 N–H and O–H groups in total. The summed E-state index contributed by atoms with van der Waals surface area (Å²) in [6.45, 7) is 0. The molecule has 0 unspecified atom stereocenters. The lowest BCUT2D eigenvalue weighted by molar-refractivity contribution is 0.226. The molecular weight excluding hydrogens is 187 g/mol. The highest BCUT2D eigenvalue weighted by atomic mass is 19.1. The standard InChI is InChI=1S/C14H23F/c15-14-10-8-13(9-11-14)7-6-12-4-2-1-3-5-12/h6-7,12-14H,1-5,8-11H2/b7-6+. The van der Waals surface area contributed by atoms with Crippen LogP contribution in [0.5, 0.6) is 0 Å². The third kappa shape index (κ3) is 3.62. The van der Waals surface area contributed by atoms with Gasteiger partial charge in [0.15, 0.2) is 0 Å². The number of allylic oxidation sites excluding steroid dienone is 2. The molecule has 2 saturated carbocycles. The minimum atomic E-state index is -0.510. The van der Waals surface area contributed by atoms with E-state index in [0.717, 1.165) is 31.6 Å². The van der Waals surface area contributed by atoms with E-state index >= 15 is 0 Å². The van der Waals surface area contributed by atoms with E-state index in [9.17, 15) is 4.39 Å². The Labute approximate surface area is 92.9 Å². The molecule has 2 fully saturated rings. The number of alkyl halides is 1. The molecule has 0 nitrogen and oxygen atoms in total. The molecule has 0 aromatic rings. The molecule has 0 bridgehead atoms. The SMILES string of the molecule is FC1CCC(/C=C/C2CCCCC2)CC1. The number of hydrogen-bond donors (Lipinski definition) is 0. The molecule has 0 spiro atoms. The lowest BCUT2D eigenvalue weighted by Crippen LogP contribution is -2.13. The van der Waals surface area contributed by atoms with Crippen molar-refractivity contribution in [3.8, 4) is 0 Å². The maximum Gasteiger partial charge on any atom is 0.100 e. The van der Waals surface area contributed by atoms with Crippen molar-refractivity contribution in [2.45, 2.75) is 64.0 Å². The van der Waals surface area contributed by atoms with Crippen molar-refractivity contribution in [3.63, 3.8) is 0 Å². The average Bonchev–Trinajstić information content (AvgIpc) is 2.30. The Morgan fingerprint density at radius 3 is 1.80 bits per heavy atom. The van der Waals surface area contributed by atoms with E-state index in [4.69, 9.17) is 0 Å². The maximum absolute atomic E-state index is 12.9. The van der Waals surface area contributed by atoms with Crippen LogP contribution in [-0.4, -0.2) is 6.17 Å². The van der Waals surface area contributed by atoms with Gasteiger partial charge in [0.25, 0.3) is 0 Å². The molecule has 0 aromatic heterocycles. The topological polar surface area (TPSA) is 0 Å². The lowest BCUT2D eigenvalue weighted by Gasteiger charge is -2.23. The van der Waals surface area contributed by atoms with Gasteiger partial charge in [0.05, 0.1) is 0 Å². The van der Waals surface area contributed by atoms with Gasteiger partial charge >= 0.3 is 0 Å². The van der Waals surface area contributed by atoms with Crippen molar-refractivity contribution in [1.82, 2.24) is 0 Å². The van der Waals surface area contributed by atoms with Gasteiger partial charge in [0.2, 0.25) is 0 Å². The first-order chi connectivity index (χ1) is 7.34. The molecular formula is C14H23F. The second-order valence-corrected chi connectivity index (χ2v) is 5.30. The molecule has 86 valence electrons. The summed E-state index contributed by atoms with van der Waals surface area (Å²) >= 11 is 0. The van der Waals surface area contributed by atoms with Crippen molar-refractivity contribution < 1.29 is 4.39 Å². The Balaban J connectivity index is 1.73. The van der Waals surface area contributed by atoms with Gasteiger partial charge in [-0.05, 0) is 50.4 Å². The van der Waals surface area contributed by atoms with Crippen molar-refractivity contribution in [3.05, 3.63) is 12.2 Å². The van der Waals surface area contributed by atoms with Crippen LogP contribution >= 0.6 is 0 Å². The predicted molar refractivity (Wildman–Crippen MR) is 62.6 cm³/mol. The highest BCUT2D eigenvalue weighted by Gasteiger charge is 2.19. The number of hydrogen-bond acceptors (Lipinski definition) is 0. The van der Waals surface area contributed by atoms with E-state index in [1.807, 2.05) is 0 Å². The van der Waals surface area contributed by atoms with Crippen LogP contribution in [0.2, 0.25) is 0 Å². The Morgan fingerprint density at radius 1 is 0.667 bits per heavy atom. The van der Waals surface area contributed by atoms with Crippen LogP contribution in [0.15, 0.2) is 12.2 Å². The second-order valence-electron chi connectivity index (χ2n) is 5.30. The Bertz CT molecular complexity index is 195. The van der Waals surface area contributed by atoms with E-state index in [1.54, 1.807) is 0 Å². The average molecular weight is 210 g/mol. The molecule has 0 amide bonds. The largest absolute Gasteiger partial charge is 0.247 e. The third-order valence-electron chi connectivity index (χ3n) is 4.01. The molecule has 2 rings (SSSR count). The van der Waals surface area contributed by atoms with Crippen LogP contribution in [0.3, 0.4) is 0 Å². The summed E-state index contributed by atoms with van der Waals surface area (Å²) in [7, 11) is 0. The van der Waals surface area contributed by atoms with Gasteiger partial charge in [-0.25, -0.2) is 4.39 Å². The van der Waals surface area contributed by atoms with E-state index < -0.39 is 6.17 Å². The first kappa shape index (κ1) is 11.2. The molecule has 0 aromatic carbocycles. The fourth-order valence-corrected chi connectivity index (χ4v) is 2.91. The monoisotopic (exact) mass is 210 g/mol. The van der Waals surface area contributed by atoms with Gasteiger partial charge in [0.1, 0.15) is 6.17 Å². The molecule has 0 atom stereocenters. The maximum atomic E-state index is 12.9. The van der Waals surface area contributed by atoms with Gasteiger partial charge in [-0.2, -0.15) is 0 Å². The number of rotatable bonds is 2. The summed E-state index contributed by atoms with van der Waals surface area (Å²) in [5, 5.41) is 0. The van der Waals surface area contributed by atoms with Crippen molar-refractivity contribution in [2.75, 3.05) is 0 Å². The fraction of sp³-hybridized carbons (Fsp3) is 0.857. The van der Waals surface area contributed by atoms with Crippen LogP contribution in [0.25, 0.3) is 0 Å². The van der Waals surface area contributed by atoms with Crippen LogP contribution in [0, 0.1) is 11.8 Å². The third-order valence-corrected chi connectivity index (χ3v) is 4.01. The smallest absolute Gasteiger partial charge is 0.100 e. The van der Waals surface area contributed by atoms with Crippen molar-refractivity contribution in [2.24, 2.45) is 11.8 Å². The van der Waals surface area contributed by atoms with Gasteiger partial charge in [-0.1, -0.05) is 31.4 Å². The molecule has 1 heteroatoms. The van der Waals surface area contributed by atoms with Crippen LogP contribution in [0.4, 0.5) is 4.39 Å². The highest BCUT2D eigenvalue weighted by molar-refractivity contribution is 4.95. The molecule has 0 radical (unpaired) electrons. The fourth-order valence-electron chi connectivity index (χ4n) is 2.91. The van der Waals surface area contributed by atoms with E-state index in [0.29, 0.717) is 5.92 Å². The van der Waals surface area contributed by atoms with Crippen LogP contribution in [-0.2, 0) is 0 Å². The minimum absolute atomic E-state index is 0.510. The van der Waals surface area contributed by atoms with Crippen LogP contribution in [0.1, 0.15) is 57.8 Å². The minimum Gasteiger partial charge on any atom is -0.247 e. The first-order valence-corrected chi connectivity index (χ1v) is 6.67. The Hall–Kier alpha value is -0.330. The zero-order valence-corrected chi connectivity index (χ0v) is 9.63. The van der Waals surface area contributed by atoms with Gasteiger partial charge < -0.3 is 0 Å². The molecule has 2 aliphatic rings. The van der Waals surface area contributed by atoms with Crippen LogP contribution < -0.4 is 0 Å². The molecule has 15 heavy (non-hydrogen) atoms. The zero-order chi connectivity index (χ0) is 10.5. The highest BCUT2D eigenvalue weighted by Crippen LogP contribution is 2.29. The summed E-state index contributed by atoms with van der Waals surface area (Å²) in [5.41, 5.74) is 0. The summed E-state index contributed by atoms with van der Waals surface area (Å²) in [5.74, 6) is 1.51. The molecule has 2 aliphatic carbocycles. The van der Waals surface area contributed by atoms with E-state index in [1.165, 1.54) is 32.1 Å². The quantitative estimate of drug-likeness (QED) is 0.582. The summed E-state index contributed by atoms with van der Waals surface area (Å²) in [6.07, 6.45) is 15.1. The van der Waals surface area contributed by atoms with E-state index in [-0.39, 0.29) is 0 Å². The van der Waals surface area contributed by atoms with Gasteiger partial charge in [0, 0.05) is 0 Å². The normalized spacial score (nSPS) is 34.7. The first-order valence-electron chi connectivity index (χ1n) is 6.67. The Kier molecular flexibility index (Phi) is 4.22. The summed E-state index contributed by atoms with van der Waals surface area (Å²) in [4.78, 5) is 0. The van der Waals surface area contributed by atoms with E-state index in [2.05, 4.69) is 12.2 Å². The van der Waals surface area contributed by atoms with Crippen molar-refractivity contribution in [1.29, 1.82) is 0 Å². The van der Waals surface area contributed by atoms with Gasteiger partial charge in [-0.15, -0.1) is 0 Å². The van der Waals surface area contributed by atoms with Gasteiger partial charge in [-0.3, -0.25) is 0 Å². The number of halogens is 1. The Morgan fingerprint density at radius 2 is 1.20 bits per heavy atom. The van der Waals surface area contributed by atoms with Crippen molar-refractivity contribution >= 4 is 0 Å². The lowest BCUT2D eigenvalue weighted by atomic mass is 9.84. The molecule has 0 saturated heterocycles. The molecule has 0 heterocycles.